The molecule has 29 heavy (non-hydrogen) atoms. The highest BCUT2D eigenvalue weighted by molar-refractivity contribution is 5.96. The summed E-state index contributed by atoms with van der Waals surface area (Å²) in [5.74, 6) is 2.10. The van der Waals surface area contributed by atoms with E-state index in [1.807, 2.05) is 20.8 Å². The molecule has 2 aromatic rings. The maximum atomic E-state index is 12.8. The lowest BCUT2D eigenvalue weighted by atomic mass is 10.1. The second kappa shape index (κ2) is 9.28. The minimum Gasteiger partial charge on any atom is -0.497 e. The molecule has 0 spiro atoms. The number of anilines is 1. The zero-order valence-corrected chi connectivity index (χ0v) is 17.8. The number of hydrogen-bond acceptors (Lipinski definition) is 7. The normalized spacial score (nSPS) is 16.4. The smallest absolute Gasteiger partial charge is 0.241 e. The fourth-order valence-electron chi connectivity index (χ4n) is 3.57. The summed E-state index contributed by atoms with van der Waals surface area (Å²) in [7, 11) is 3.18. The lowest BCUT2D eigenvalue weighted by Crippen LogP contribution is -2.52. The van der Waals surface area contributed by atoms with Gasteiger partial charge in [0.15, 0.2) is 0 Å². The second-order valence-electron chi connectivity index (χ2n) is 7.35. The Morgan fingerprint density at radius 3 is 2.52 bits per heavy atom. The molecule has 0 saturated carbocycles. The van der Waals surface area contributed by atoms with Crippen molar-refractivity contribution in [1.82, 2.24) is 15.0 Å². The van der Waals surface area contributed by atoms with E-state index in [0.717, 1.165) is 49.7 Å². The van der Waals surface area contributed by atoms with Crippen molar-refractivity contribution < 1.29 is 18.8 Å². The molecule has 3 rings (SSSR count). The van der Waals surface area contributed by atoms with Gasteiger partial charge in [-0.1, -0.05) is 5.16 Å². The number of hydrogen-bond donors (Lipinski definition) is 1. The van der Waals surface area contributed by atoms with Gasteiger partial charge in [0.2, 0.25) is 5.91 Å². The van der Waals surface area contributed by atoms with Crippen molar-refractivity contribution in [3.8, 4) is 11.5 Å². The Kier molecular flexibility index (Phi) is 6.76. The highest BCUT2D eigenvalue weighted by Gasteiger charge is 2.27. The number of benzene rings is 1. The highest BCUT2D eigenvalue weighted by Crippen LogP contribution is 2.29. The van der Waals surface area contributed by atoms with E-state index in [1.165, 1.54) is 0 Å². The maximum absolute atomic E-state index is 12.8. The molecule has 1 aliphatic heterocycles. The molecular weight excluding hydrogens is 372 g/mol. The van der Waals surface area contributed by atoms with Gasteiger partial charge in [-0.15, -0.1) is 0 Å². The second-order valence-corrected chi connectivity index (χ2v) is 7.35. The number of aromatic nitrogens is 1. The number of carbonyl (C=O) groups excluding carboxylic acids is 1. The molecule has 8 nitrogen and oxygen atoms in total. The van der Waals surface area contributed by atoms with Gasteiger partial charge in [-0.25, -0.2) is 0 Å². The van der Waals surface area contributed by atoms with Gasteiger partial charge in [0.1, 0.15) is 17.3 Å². The van der Waals surface area contributed by atoms with Crippen molar-refractivity contribution in [2.24, 2.45) is 0 Å². The van der Waals surface area contributed by atoms with Crippen LogP contribution in [-0.2, 0) is 11.3 Å². The Balaban J connectivity index is 1.56. The SMILES string of the molecule is COc1ccc(OC)c(NC(=O)C(C)N2CCN(Cc3c(C)noc3C)CC2)c1. The maximum Gasteiger partial charge on any atom is 0.241 e. The van der Waals surface area contributed by atoms with Gasteiger partial charge in [-0.2, -0.15) is 0 Å². The van der Waals surface area contributed by atoms with E-state index in [2.05, 4.69) is 20.3 Å². The summed E-state index contributed by atoms with van der Waals surface area (Å²) < 4.78 is 15.9. The fourth-order valence-corrected chi connectivity index (χ4v) is 3.57. The van der Waals surface area contributed by atoms with Crippen molar-refractivity contribution in [1.29, 1.82) is 0 Å². The van der Waals surface area contributed by atoms with Crippen LogP contribution in [0.2, 0.25) is 0 Å². The van der Waals surface area contributed by atoms with Gasteiger partial charge in [-0.3, -0.25) is 14.6 Å². The lowest BCUT2D eigenvalue weighted by molar-refractivity contribution is -0.121. The fraction of sp³-hybridized carbons (Fsp3) is 0.524. The molecule has 0 radical (unpaired) electrons. The van der Waals surface area contributed by atoms with Crippen molar-refractivity contribution in [2.45, 2.75) is 33.4 Å². The van der Waals surface area contributed by atoms with Gasteiger partial charge in [-0.05, 0) is 32.9 Å². The summed E-state index contributed by atoms with van der Waals surface area (Å²) in [6.07, 6.45) is 0. The molecule has 158 valence electrons. The zero-order valence-electron chi connectivity index (χ0n) is 17.8. The molecule has 2 heterocycles. The molecule has 1 aromatic carbocycles. The average molecular weight is 402 g/mol. The molecule has 8 heteroatoms. The summed E-state index contributed by atoms with van der Waals surface area (Å²) in [6.45, 7) is 10.1. The predicted octanol–water partition coefficient (Wildman–Crippen LogP) is 2.45. The first-order valence-electron chi connectivity index (χ1n) is 9.84. The van der Waals surface area contributed by atoms with Crippen LogP contribution in [0, 0.1) is 13.8 Å². The quantitative estimate of drug-likeness (QED) is 0.762. The minimum atomic E-state index is -0.243. The molecule has 1 amide bonds. The largest absolute Gasteiger partial charge is 0.497 e. The van der Waals surface area contributed by atoms with Gasteiger partial charge in [0.05, 0.1) is 31.6 Å². The zero-order chi connectivity index (χ0) is 21.0. The standard InChI is InChI=1S/C21H30N4O4/c1-14-18(16(3)29-23-14)13-24-8-10-25(11-9-24)15(2)21(26)22-19-12-17(27-4)6-7-20(19)28-5/h6-7,12,15H,8-11,13H2,1-5H3,(H,22,26). The van der Waals surface area contributed by atoms with E-state index >= 15 is 0 Å². The number of methoxy groups -OCH3 is 2. The highest BCUT2D eigenvalue weighted by atomic mass is 16.5. The number of amides is 1. The average Bonchev–Trinajstić information content (AvgIpc) is 3.05. The van der Waals surface area contributed by atoms with Crippen LogP contribution >= 0.6 is 0 Å². The molecule has 1 unspecified atom stereocenters. The summed E-state index contributed by atoms with van der Waals surface area (Å²) in [5, 5.41) is 7.01. The molecule has 1 fully saturated rings. The minimum absolute atomic E-state index is 0.0595. The molecule has 0 aliphatic carbocycles. The molecule has 1 saturated heterocycles. The number of carbonyl (C=O) groups is 1. The van der Waals surface area contributed by atoms with Gasteiger partial charge in [0, 0.05) is 44.4 Å². The molecule has 1 N–H and O–H groups in total. The van der Waals surface area contributed by atoms with Crippen LogP contribution in [0.3, 0.4) is 0 Å². The van der Waals surface area contributed by atoms with Crippen LogP contribution in [0.5, 0.6) is 11.5 Å². The number of aryl methyl sites for hydroxylation is 2. The number of nitrogens with zero attached hydrogens (tertiary/aromatic N) is 3. The third-order valence-electron chi connectivity index (χ3n) is 5.56. The number of ether oxygens (including phenoxy) is 2. The molecular formula is C21H30N4O4. The van der Waals surface area contributed by atoms with Crippen molar-refractivity contribution in [3.63, 3.8) is 0 Å². The van der Waals surface area contributed by atoms with Gasteiger partial charge < -0.3 is 19.3 Å². The van der Waals surface area contributed by atoms with Crippen LogP contribution in [0.25, 0.3) is 0 Å². The summed E-state index contributed by atoms with van der Waals surface area (Å²) in [5.41, 5.74) is 2.72. The molecule has 0 bridgehead atoms. The molecule has 1 aromatic heterocycles. The van der Waals surface area contributed by atoms with Crippen LogP contribution < -0.4 is 14.8 Å². The van der Waals surface area contributed by atoms with E-state index in [-0.39, 0.29) is 11.9 Å². The topological polar surface area (TPSA) is 80.1 Å². The predicted molar refractivity (Wildman–Crippen MR) is 110 cm³/mol. The van der Waals surface area contributed by atoms with Crippen molar-refractivity contribution in [3.05, 3.63) is 35.2 Å². The van der Waals surface area contributed by atoms with E-state index in [4.69, 9.17) is 14.0 Å². The van der Waals surface area contributed by atoms with E-state index in [0.29, 0.717) is 17.2 Å². The van der Waals surface area contributed by atoms with E-state index < -0.39 is 0 Å². The Morgan fingerprint density at radius 2 is 1.93 bits per heavy atom. The lowest BCUT2D eigenvalue weighted by Gasteiger charge is -2.37. The Morgan fingerprint density at radius 1 is 1.21 bits per heavy atom. The van der Waals surface area contributed by atoms with Crippen LogP contribution in [-0.4, -0.2) is 67.3 Å². The summed E-state index contributed by atoms with van der Waals surface area (Å²) in [4.78, 5) is 17.4. The molecule has 1 atom stereocenters. The third-order valence-corrected chi connectivity index (χ3v) is 5.56. The Bertz CT molecular complexity index is 824. The third kappa shape index (κ3) is 4.89. The number of piperazine rings is 1. The number of rotatable bonds is 7. The van der Waals surface area contributed by atoms with Crippen molar-refractivity contribution >= 4 is 11.6 Å². The Hall–Kier alpha value is -2.58. The Labute approximate surface area is 171 Å². The first-order valence-corrected chi connectivity index (χ1v) is 9.84. The van der Waals surface area contributed by atoms with Gasteiger partial charge >= 0.3 is 0 Å². The van der Waals surface area contributed by atoms with Crippen molar-refractivity contribution in [2.75, 3.05) is 45.7 Å². The number of nitrogens with one attached hydrogen (secondary N) is 1. The monoisotopic (exact) mass is 402 g/mol. The molecule has 1 aliphatic rings. The van der Waals surface area contributed by atoms with Crippen LogP contribution in [0.1, 0.15) is 23.9 Å². The first-order chi connectivity index (χ1) is 13.9. The van der Waals surface area contributed by atoms with Gasteiger partial charge in [0.25, 0.3) is 0 Å². The summed E-state index contributed by atoms with van der Waals surface area (Å²) in [6, 6.07) is 5.11. The van der Waals surface area contributed by atoms with E-state index in [1.54, 1.807) is 32.4 Å². The first kappa shape index (κ1) is 21.1. The summed E-state index contributed by atoms with van der Waals surface area (Å²) >= 11 is 0. The van der Waals surface area contributed by atoms with Crippen LogP contribution in [0.15, 0.2) is 22.7 Å². The van der Waals surface area contributed by atoms with Crippen LogP contribution in [0.4, 0.5) is 5.69 Å². The van der Waals surface area contributed by atoms with E-state index in [9.17, 15) is 4.79 Å².